The summed E-state index contributed by atoms with van der Waals surface area (Å²) in [5, 5.41) is 1.85. The number of hydrogen-bond acceptors (Lipinski definition) is 4. The van der Waals surface area contributed by atoms with Gasteiger partial charge in [-0.2, -0.15) is 0 Å². The average molecular weight is 312 g/mol. The summed E-state index contributed by atoms with van der Waals surface area (Å²) < 4.78 is 2.10. The molecule has 0 aliphatic rings. The number of anilines is 1. The summed E-state index contributed by atoms with van der Waals surface area (Å²) in [5.74, 6) is 0.536. The van der Waals surface area contributed by atoms with Gasteiger partial charge in [-0.3, -0.25) is 0 Å². The Morgan fingerprint density at radius 1 is 0.952 bits per heavy atom. The summed E-state index contributed by atoms with van der Waals surface area (Å²) in [6.07, 6.45) is 1.51. The standard InChI is InChI=1S/C16H10ClN3S/c17-11-4-1-9(2-5-11)10-3-6-12-13(7-10)21-15-14(12)19-8-20-16(15)18/h1-8H,(H2,18,19,20). The quantitative estimate of drug-likeness (QED) is 0.552. The van der Waals surface area contributed by atoms with E-state index in [-0.39, 0.29) is 0 Å². The van der Waals surface area contributed by atoms with Gasteiger partial charge in [-0.1, -0.05) is 35.9 Å². The molecule has 3 nitrogen and oxygen atoms in total. The van der Waals surface area contributed by atoms with Gasteiger partial charge < -0.3 is 5.73 Å². The summed E-state index contributed by atoms with van der Waals surface area (Å²) in [7, 11) is 0. The highest BCUT2D eigenvalue weighted by molar-refractivity contribution is 7.26. The number of rotatable bonds is 1. The fourth-order valence-corrected chi connectivity index (χ4v) is 3.64. The lowest BCUT2D eigenvalue weighted by Crippen LogP contribution is -1.89. The second kappa shape index (κ2) is 4.69. The van der Waals surface area contributed by atoms with Crippen LogP contribution in [0.4, 0.5) is 5.82 Å². The highest BCUT2D eigenvalue weighted by Crippen LogP contribution is 2.37. The molecule has 21 heavy (non-hydrogen) atoms. The van der Waals surface area contributed by atoms with Gasteiger partial charge in [-0.25, -0.2) is 9.97 Å². The van der Waals surface area contributed by atoms with Crippen LogP contribution in [-0.2, 0) is 0 Å². The molecule has 102 valence electrons. The first-order valence-electron chi connectivity index (χ1n) is 6.41. The van der Waals surface area contributed by atoms with E-state index >= 15 is 0 Å². The molecule has 4 rings (SSSR count). The Morgan fingerprint density at radius 3 is 2.52 bits per heavy atom. The van der Waals surface area contributed by atoms with Crippen molar-refractivity contribution in [3.05, 3.63) is 53.8 Å². The van der Waals surface area contributed by atoms with E-state index in [0.717, 1.165) is 36.5 Å². The molecule has 0 aliphatic heterocycles. The molecule has 0 saturated heterocycles. The van der Waals surface area contributed by atoms with Crippen molar-refractivity contribution in [1.82, 2.24) is 9.97 Å². The molecule has 0 fully saturated rings. The molecule has 0 aliphatic carbocycles. The maximum atomic E-state index is 5.94. The molecule has 0 saturated carbocycles. The normalized spacial score (nSPS) is 11.3. The first-order valence-corrected chi connectivity index (χ1v) is 7.60. The number of thiophene rings is 1. The van der Waals surface area contributed by atoms with E-state index in [4.69, 9.17) is 17.3 Å². The molecule has 2 N–H and O–H groups in total. The Kier molecular flexibility index (Phi) is 2.80. The second-order valence-electron chi connectivity index (χ2n) is 4.76. The highest BCUT2D eigenvalue weighted by atomic mass is 35.5. The van der Waals surface area contributed by atoms with Crippen LogP contribution in [0.15, 0.2) is 48.8 Å². The van der Waals surface area contributed by atoms with Crippen LogP contribution in [0.5, 0.6) is 0 Å². The molecule has 0 unspecified atom stereocenters. The lowest BCUT2D eigenvalue weighted by atomic mass is 10.0. The first kappa shape index (κ1) is 12.6. The zero-order valence-corrected chi connectivity index (χ0v) is 12.4. The smallest absolute Gasteiger partial charge is 0.144 e. The lowest BCUT2D eigenvalue weighted by Gasteiger charge is -2.02. The Labute approximate surface area is 130 Å². The second-order valence-corrected chi connectivity index (χ2v) is 6.25. The van der Waals surface area contributed by atoms with E-state index in [1.807, 2.05) is 24.3 Å². The van der Waals surface area contributed by atoms with Crippen molar-refractivity contribution in [1.29, 1.82) is 0 Å². The molecule has 0 bridgehead atoms. The van der Waals surface area contributed by atoms with Gasteiger partial charge >= 0.3 is 0 Å². The van der Waals surface area contributed by atoms with Crippen LogP contribution in [0.2, 0.25) is 5.02 Å². The topological polar surface area (TPSA) is 51.8 Å². The number of benzene rings is 2. The number of nitrogen functional groups attached to an aromatic ring is 1. The molecular weight excluding hydrogens is 302 g/mol. The Morgan fingerprint density at radius 2 is 1.71 bits per heavy atom. The average Bonchev–Trinajstić information content (AvgIpc) is 2.87. The van der Waals surface area contributed by atoms with Crippen molar-refractivity contribution >= 4 is 49.1 Å². The van der Waals surface area contributed by atoms with Gasteiger partial charge in [-0.15, -0.1) is 11.3 Å². The zero-order chi connectivity index (χ0) is 14.4. The van der Waals surface area contributed by atoms with Crippen molar-refractivity contribution in [3.63, 3.8) is 0 Å². The summed E-state index contributed by atoms with van der Waals surface area (Å²) >= 11 is 7.56. The zero-order valence-electron chi connectivity index (χ0n) is 10.9. The van der Waals surface area contributed by atoms with Crippen molar-refractivity contribution in [2.75, 3.05) is 5.73 Å². The number of aromatic nitrogens is 2. The van der Waals surface area contributed by atoms with Crippen molar-refractivity contribution in [2.24, 2.45) is 0 Å². The van der Waals surface area contributed by atoms with Gasteiger partial charge in [-0.05, 0) is 29.3 Å². The maximum absolute atomic E-state index is 5.94. The van der Waals surface area contributed by atoms with E-state index in [0.29, 0.717) is 5.82 Å². The molecule has 0 spiro atoms. The predicted molar refractivity (Wildman–Crippen MR) is 89.8 cm³/mol. The van der Waals surface area contributed by atoms with Crippen LogP contribution in [0, 0.1) is 0 Å². The van der Waals surface area contributed by atoms with Crippen LogP contribution in [0.1, 0.15) is 0 Å². The minimum Gasteiger partial charge on any atom is -0.382 e. The third-order valence-electron chi connectivity index (χ3n) is 3.46. The van der Waals surface area contributed by atoms with E-state index in [1.165, 1.54) is 6.33 Å². The van der Waals surface area contributed by atoms with E-state index in [2.05, 4.69) is 28.2 Å². The molecule has 4 aromatic rings. The maximum Gasteiger partial charge on any atom is 0.144 e. The van der Waals surface area contributed by atoms with Crippen LogP contribution in [0.3, 0.4) is 0 Å². The number of halogens is 1. The van der Waals surface area contributed by atoms with Crippen molar-refractivity contribution in [2.45, 2.75) is 0 Å². The molecular formula is C16H10ClN3S. The fourth-order valence-electron chi connectivity index (χ4n) is 2.41. The Bertz CT molecular complexity index is 961. The summed E-state index contributed by atoms with van der Waals surface area (Å²) in [6, 6.07) is 14.2. The SMILES string of the molecule is Nc1ncnc2c1sc1cc(-c3ccc(Cl)cc3)ccc12. The Balaban J connectivity index is 1.96. The third-order valence-corrected chi connectivity index (χ3v) is 4.87. The van der Waals surface area contributed by atoms with E-state index < -0.39 is 0 Å². The van der Waals surface area contributed by atoms with E-state index in [1.54, 1.807) is 11.3 Å². The largest absolute Gasteiger partial charge is 0.382 e. The molecule has 0 amide bonds. The van der Waals surface area contributed by atoms with Crippen LogP contribution < -0.4 is 5.73 Å². The van der Waals surface area contributed by atoms with Crippen molar-refractivity contribution in [3.8, 4) is 11.1 Å². The van der Waals surface area contributed by atoms with Gasteiger partial charge in [0.1, 0.15) is 12.1 Å². The number of nitrogens with zero attached hydrogens (tertiary/aromatic N) is 2. The van der Waals surface area contributed by atoms with Crippen LogP contribution in [-0.4, -0.2) is 9.97 Å². The third kappa shape index (κ3) is 2.04. The van der Waals surface area contributed by atoms with E-state index in [9.17, 15) is 0 Å². The van der Waals surface area contributed by atoms with Gasteiger partial charge in [0, 0.05) is 15.1 Å². The number of fused-ring (bicyclic) bond motifs is 3. The van der Waals surface area contributed by atoms with Crippen LogP contribution in [0.25, 0.3) is 31.4 Å². The highest BCUT2D eigenvalue weighted by Gasteiger charge is 2.10. The molecule has 5 heteroatoms. The minimum atomic E-state index is 0.536. The molecule has 2 heterocycles. The first-order chi connectivity index (χ1) is 10.2. The van der Waals surface area contributed by atoms with Gasteiger partial charge in [0.15, 0.2) is 0 Å². The summed E-state index contributed by atoms with van der Waals surface area (Å²) in [5.41, 5.74) is 9.14. The number of hydrogen-bond donors (Lipinski definition) is 1. The molecule has 0 atom stereocenters. The van der Waals surface area contributed by atoms with Crippen LogP contribution >= 0.6 is 22.9 Å². The summed E-state index contributed by atoms with van der Waals surface area (Å²) in [6.45, 7) is 0. The predicted octanol–water partition coefficient (Wildman–Crippen LogP) is 4.75. The Hall–Kier alpha value is -2.17. The minimum absolute atomic E-state index is 0.536. The lowest BCUT2D eigenvalue weighted by molar-refractivity contribution is 1.24. The van der Waals surface area contributed by atoms with Crippen molar-refractivity contribution < 1.29 is 0 Å². The fraction of sp³-hybridized carbons (Fsp3) is 0. The monoisotopic (exact) mass is 311 g/mol. The summed E-state index contributed by atoms with van der Waals surface area (Å²) in [4.78, 5) is 8.40. The number of nitrogens with two attached hydrogens (primary N) is 1. The molecule has 2 aromatic heterocycles. The van der Waals surface area contributed by atoms with Gasteiger partial charge in [0.05, 0.1) is 10.2 Å². The molecule has 2 aromatic carbocycles. The molecule has 0 radical (unpaired) electrons. The van der Waals surface area contributed by atoms with Gasteiger partial charge in [0.2, 0.25) is 0 Å². The van der Waals surface area contributed by atoms with Gasteiger partial charge in [0.25, 0.3) is 0 Å².